The van der Waals surface area contributed by atoms with Gasteiger partial charge in [-0.3, -0.25) is 9.10 Å². The zero-order valence-electron chi connectivity index (χ0n) is 14.1. The number of hydrogen-bond donors (Lipinski definition) is 1. The maximum atomic E-state index is 12.8. The highest BCUT2D eigenvalue weighted by molar-refractivity contribution is 7.92. The van der Waals surface area contributed by atoms with E-state index in [1.807, 2.05) is 0 Å². The van der Waals surface area contributed by atoms with Crippen LogP contribution in [0.25, 0.3) is 0 Å². The Hall–Kier alpha value is -2.45. The van der Waals surface area contributed by atoms with Crippen molar-refractivity contribution < 1.29 is 17.6 Å². The van der Waals surface area contributed by atoms with Crippen molar-refractivity contribution in [1.82, 2.24) is 5.43 Å². The number of halogens is 2. The van der Waals surface area contributed by atoms with Crippen LogP contribution in [0.4, 0.5) is 10.1 Å². The summed E-state index contributed by atoms with van der Waals surface area (Å²) in [7, 11) is -3.69. The van der Waals surface area contributed by atoms with Crippen LogP contribution in [0.1, 0.15) is 11.1 Å². The van der Waals surface area contributed by atoms with Gasteiger partial charge in [-0.25, -0.2) is 18.2 Å². The fraction of sp³-hybridized carbons (Fsp3) is 0.176. The Morgan fingerprint density at radius 1 is 1.27 bits per heavy atom. The normalized spacial score (nSPS) is 11.5. The largest absolute Gasteiger partial charge is 0.271 e. The molecular weight excluding hydrogens is 381 g/mol. The molecule has 0 aliphatic heterocycles. The van der Waals surface area contributed by atoms with E-state index in [2.05, 4.69) is 10.5 Å². The predicted molar refractivity (Wildman–Crippen MR) is 101 cm³/mol. The van der Waals surface area contributed by atoms with Crippen LogP contribution >= 0.6 is 11.6 Å². The van der Waals surface area contributed by atoms with Gasteiger partial charge in [-0.1, -0.05) is 23.7 Å². The lowest BCUT2D eigenvalue weighted by molar-refractivity contribution is -0.119. The predicted octanol–water partition coefficient (Wildman–Crippen LogP) is 2.70. The van der Waals surface area contributed by atoms with Gasteiger partial charge in [-0.15, -0.1) is 0 Å². The number of rotatable bonds is 6. The Balaban J connectivity index is 2.11. The van der Waals surface area contributed by atoms with Crippen LogP contribution in [0, 0.1) is 12.7 Å². The Kier molecular flexibility index (Phi) is 6.33. The molecule has 0 bridgehead atoms. The van der Waals surface area contributed by atoms with E-state index in [0.717, 1.165) is 10.6 Å². The molecule has 0 atom stereocenters. The lowest BCUT2D eigenvalue weighted by atomic mass is 10.2. The summed E-state index contributed by atoms with van der Waals surface area (Å²) in [5, 5.41) is 4.21. The molecule has 0 heterocycles. The molecule has 26 heavy (non-hydrogen) atoms. The zero-order chi connectivity index (χ0) is 19.3. The number of sulfonamides is 1. The molecule has 0 aliphatic carbocycles. The highest BCUT2D eigenvalue weighted by Crippen LogP contribution is 2.25. The van der Waals surface area contributed by atoms with Crippen LogP contribution in [0.5, 0.6) is 0 Å². The van der Waals surface area contributed by atoms with Crippen molar-refractivity contribution in [1.29, 1.82) is 0 Å². The molecule has 2 aromatic carbocycles. The first-order chi connectivity index (χ1) is 12.2. The third-order valence-electron chi connectivity index (χ3n) is 3.39. The van der Waals surface area contributed by atoms with Crippen LogP contribution in [0.15, 0.2) is 47.6 Å². The SMILES string of the molecule is Cc1cc(Cl)ccc1N(CC(=O)N/N=C\c1ccc(F)cc1)S(C)(=O)=O. The molecule has 0 aromatic heterocycles. The van der Waals surface area contributed by atoms with Crippen LogP contribution in [0.2, 0.25) is 5.02 Å². The number of benzene rings is 2. The van der Waals surface area contributed by atoms with Gasteiger partial charge >= 0.3 is 0 Å². The molecule has 0 radical (unpaired) electrons. The summed E-state index contributed by atoms with van der Waals surface area (Å²) in [6.07, 6.45) is 2.34. The lowest BCUT2D eigenvalue weighted by Crippen LogP contribution is -2.39. The number of carbonyl (C=O) groups is 1. The minimum atomic E-state index is -3.69. The number of carbonyl (C=O) groups excluding carboxylic acids is 1. The minimum Gasteiger partial charge on any atom is -0.271 e. The first-order valence-corrected chi connectivity index (χ1v) is 9.71. The highest BCUT2D eigenvalue weighted by atomic mass is 35.5. The van der Waals surface area contributed by atoms with Gasteiger partial charge in [0.1, 0.15) is 12.4 Å². The van der Waals surface area contributed by atoms with E-state index in [9.17, 15) is 17.6 Å². The minimum absolute atomic E-state index is 0.356. The van der Waals surface area contributed by atoms with E-state index in [-0.39, 0.29) is 5.82 Å². The van der Waals surface area contributed by atoms with Crippen molar-refractivity contribution >= 4 is 39.4 Å². The van der Waals surface area contributed by atoms with E-state index in [1.165, 1.54) is 36.5 Å². The Morgan fingerprint density at radius 3 is 2.50 bits per heavy atom. The molecule has 2 aromatic rings. The number of nitrogens with one attached hydrogen (secondary N) is 1. The van der Waals surface area contributed by atoms with Crippen LogP contribution < -0.4 is 9.73 Å². The third kappa shape index (κ3) is 5.53. The second-order valence-electron chi connectivity index (χ2n) is 5.55. The van der Waals surface area contributed by atoms with Crippen molar-refractivity contribution in [3.05, 3.63) is 64.4 Å². The quantitative estimate of drug-likeness (QED) is 0.601. The van der Waals surface area contributed by atoms with Gasteiger partial charge in [0, 0.05) is 5.02 Å². The van der Waals surface area contributed by atoms with Gasteiger partial charge in [0.15, 0.2) is 0 Å². The van der Waals surface area contributed by atoms with E-state index in [1.54, 1.807) is 19.1 Å². The number of anilines is 1. The van der Waals surface area contributed by atoms with Gasteiger partial charge in [-0.05, 0) is 48.4 Å². The third-order valence-corrected chi connectivity index (χ3v) is 4.75. The molecule has 1 N–H and O–H groups in total. The average molecular weight is 398 g/mol. The summed E-state index contributed by atoms with van der Waals surface area (Å²) in [5.74, 6) is -1.00. The molecular formula is C17H17ClFN3O3S. The molecule has 2 rings (SSSR count). The van der Waals surface area contributed by atoms with Crippen LogP contribution in [-0.2, 0) is 14.8 Å². The van der Waals surface area contributed by atoms with Gasteiger partial charge in [0.05, 0.1) is 18.2 Å². The number of hydrazone groups is 1. The van der Waals surface area contributed by atoms with Crippen molar-refractivity contribution in [3.63, 3.8) is 0 Å². The van der Waals surface area contributed by atoms with Gasteiger partial charge in [0.25, 0.3) is 5.91 Å². The fourth-order valence-corrected chi connectivity index (χ4v) is 3.31. The summed E-state index contributed by atoms with van der Waals surface area (Å²) in [5.41, 5.74) is 3.81. The van der Waals surface area contributed by atoms with E-state index in [0.29, 0.717) is 21.8 Å². The number of nitrogens with zero attached hydrogens (tertiary/aromatic N) is 2. The Bertz CT molecular complexity index is 931. The highest BCUT2D eigenvalue weighted by Gasteiger charge is 2.22. The molecule has 6 nitrogen and oxygen atoms in total. The maximum Gasteiger partial charge on any atom is 0.260 e. The molecule has 0 aliphatic rings. The Labute approximate surface area is 156 Å². The standard InChI is InChI=1S/C17H17ClFN3O3S/c1-12-9-14(18)5-8-16(12)22(26(2,24)25)11-17(23)21-20-10-13-3-6-15(19)7-4-13/h3-10H,11H2,1-2H3,(H,21,23)/b20-10-. The van der Waals surface area contributed by atoms with Crippen LogP contribution in [0.3, 0.4) is 0 Å². The summed E-state index contributed by atoms with van der Waals surface area (Å²) < 4.78 is 37.9. The van der Waals surface area contributed by atoms with E-state index >= 15 is 0 Å². The summed E-state index contributed by atoms with van der Waals surface area (Å²) >= 11 is 5.89. The van der Waals surface area contributed by atoms with Gasteiger partial charge in [-0.2, -0.15) is 5.10 Å². The summed E-state index contributed by atoms with van der Waals surface area (Å²) in [6.45, 7) is 1.26. The molecule has 0 fully saturated rings. The van der Waals surface area contributed by atoms with E-state index in [4.69, 9.17) is 11.6 Å². The first kappa shape index (κ1) is 19.9. The van der Waals surface area contributed by atoms with Gasteiger partial charge in [0.2, 0.25) is 10.0 Å². The molecule has 138 valence electrons. The number of amides is 1. The van der Waals surface area contributed by atoms with Crippen molar-refractivity contribution in [2.45, 2.75) is 6.92 Å². The smallest absolute Gasteiger partial charge is 0.260 e. The zero-order valence-corrected chi connectivity index (χ0v) is 15.7. The van der Waals surface area contributed by atoms with Crippen LogP contribution in [-0.4, -0.2) is 33.3 Å². The monoisotopic (exact) mass is 397 g/mol. The van der Waals surface area contributed by atoms with Gasteiger partial charge < -0.3 is 0 Å². The van der Waals surface area contributed by atoms with Crippen molar-refractivity contribution in [2.24, 2.45) is 5.10 Å². The molecule has 0 spiro atoms. The maximum absolute atomic E-state index is 12.8. The number of aryl methyl sites for hydroxylation is 1. The topological polar surface area (TPSA) is 78.8 Å². The molecule has 0 unspecified atom stereocenters. The Morgan fingerprint density at radius 2 is 1.92 bits per heavy atom. The summed E-state index contributed by atoms with van der Waals surface area (Å²) in [6, 6.07) is 10.2. The molecule has 9 heteroatoms. The fourth-order valence-electron chi connectivity index (χ4n) is 2.17. The first-order valence-electron chi connectivity index (χ1n) is 7.48. The lowest BCUT2D eigenvalue weighted by Gasteiger charge is -2.23. The number of hydrogen-bond acceptors (Lipinski definition) is 4. The average Bonchev–Trinajstić information content (AvgIpc) is 2.54. The van der Waals surface area contributed by atoms with E-state index < -0.39 is 22.5 Å². The molecule has 0 saturated carbocycles. The second-order valence-corrected chi connectivity index (χ2v) is 7.89. The summed E-state index contributed by atoms with van der Waals surface area (Å²) in [4.78, 5) is 12.1. The van der Waals surface area contributed by atoms with Crippen molar-refractivity contribution in [3.8, 4) is 0 Å². The molecule has 1 amide bonds. The molecule has 0 saturated heterocycles. The van der Waals surface area contributed by atoms with Crippen molar-refractivity contribution in [2.75, 3.05) is 17.1 Å². The second kappa shape index (κ2) is 8.29.